The van der Waals surface area contributed by atoms with Crippen LogP contribution in [-0.4, -0.2) is 30.4 Å². The number of fused-ring (bicyclic) bond motifs is 1. The Balaban J connectivity index is 0.00000210. The topological polar surface area (TPSA) is 139 Å². The molecule has 0 saturated heterocycles. The molecule has 0 aromatic heterocycles. The molecule has 0 aliphatic heterocycles. The van der Waals surface area contributed by atoms with E-state index < -0.39 is 32.3 Å². The number of carbonyl (C=O) groups is 2. The van der Waals surface area contributed by atoms with Gasteiger partial charge in [-0.3, -0.25) is 10.2 Å². The van der Waals surface area contributed by atoms with Crippen molar-refractivity contribution >= 4 is 39.3 Å². The van der Waals surface area contributed by atoms with E-state index in [0.29, 0.717) is 16.7 Å². The Kier molecular flexibility index (Phi) is 9.00. The smallest absolute Gasteiger partial charge is 0.744 e. The van der Waals surface area contributed by atoms with Crippen molar-refractivity contribution in [3.63, 3.8) is 0 Å². The van der Waals surface area contributed by atoms with Crippen LogP contribution in [-0.2, 0) is 19.7 Å². The van der Waals surface area contributed by atoms with Crippen molar-refractivity contribution in [1.82, 2.24) is 0 Å². The SMILES string of the molecule is Cc1ccc(N/N=C2/C(=O)C(C(=O)[O-])=Cc3ccccc32)c(S(=O)(=O)[O-])c1.[Na+].[Na+]. The normalized spacial score (nSPS) is 14.2. The third kappa shape index (κ3) is 5.65. The average molecular weight is 430 g/mol. The minimum Gasteiger partial charge on any atom is -0.744 e. The predicted octanol–water partition coefficient (Wildman–Crippen LogP) is -5.56. The number of carboxylic acids is 1. The Morgan fingerprint density at radius 1 is 1.10 bits per heavy atom. The predicted molar refractivity (Wildman–Crippen MR) is 93.7 cm³/mol. The first-order chi connectivity index (χ1) is 12.7. The van der Waals surface area contributed by atoms with E-state index in [1.807, 2.05) is 0 Å². The van der Waals surface area contributed by atoms with Crippen LogP contribution in [0.3, 0.4) is 0 Å². The van der Waals surface area contributed by atoms with E-state index in [0.717, 1.165) is 0 Å². The van der Waals surface area contributed by atoms with E-state index in [9.17, 15) is 27.7 Å². The van der Waals surface area contributed by atoms with Crippen LogP contribution >= 0.6 is 0 Å². The van der Waals surface area contributed by atoms with Crippen molar-refractivity contribution in [1.29, 1.82) is 0 Å². The number of hydrogen-bond acceptors (Lipinski definition) is 8. The summed E-state index contributed by atoms with van der Waals surface area (Å²) in [5.74, 6) is -2.54. The molecule has 8 nitrogen and oxygen atoms in total. The van der Waals surface area contributed by atoms with Gasteiger partial charge in [-0.2, -0.15) is 5.10 Å². The summed E-state index contributed by atoms with van der Waals surface area (Å²) < 4.78 is 34.4. The Hall–Kier alpha value is -1.30. The molecule has 0 radical (unpaired) electrons. The van der Waals surface area contributed by atoms with Gasteiger partial charge in [0.15, 0.2) is 0 Å². The largest absolute Gasteiger partial charge is 1.00 e. The molecule has 0 unspecified atom stereocenters. The number of nitrogens with zero attached hydrogens (tertiary/aromatic N) is 1. The minimum atomic E-state index is -4.79. The van der Waals surface area contributed by atoms with E-state index in [1.54, 1.807) is 37.3 Å². The Morgan fingerprint density at radius 3 is 2.38 bits per heavy atom. The molecule has 0 heterocycles. The van der Waals surface area contributed by atoms with Crippen LogP contribution in [0.2, 0.25) is 0 Å². The minimum absolute atomic E-state index is 0. The Bertz CT molecular complexity index is 1140. The van der Waals surface area contributed by atoms with Crippen molar-refractivity contribution in [3.05, 3.63) is 64.7 Å². The number of Topliss-reactive ketones (excluding diaryl/α,β-unsaturated/α-hetero) is 1. The molecule has 1 aliphatic carbocycles. The molecule has 2 aromatic rings. The molecule has 0 atom stereocenters. The second kappa shape index (κ2) is 10.1. The van der Waals surface area contributed by atoms with Crippen LogP contribution in [0, 0.1) is 6.92 Å². The molecule has 2 aromatic carbocycles. The van der Waals surface area contributed by atoms with Gasteiger partial charge in [-0.1, -0.05) is 30.3 Å². The number of carboxylic acid groups (broad SMARTS) is 1. The molecule has 11 heteroatoms. The van der Waals surface area contributed by atoms with Gasteiger partial charge in [0, 0.05) is 11.1 Å². The van der Waals surface area contributed by atoms with E-state index in [4.69, 9.17) is 0 Å². The first-order valence-electron chi connectivity index (χ1n) is 7.66. The van der Waals surface area contributed by atoms with Gasteiger partial charge in [-0.05, 0) is 36.3 Å². The molecule has 1 aliphatic rings. The Morgan fingerprint density at radius 2 is 1.76 bits per heavy atom. The fraction of sp³-hybridized carbons (Fsp3) is 0.0556. The number of nitrogens with one attached hydrogen (secondary N) is 1. The summed E-state index contributed by atoms with van der Waals surface area (Å²) in [5.41, 5.74) is 2.81. The first-order valence-corrected chi connectivity index (χ1v) is 9.06. The summed E-state index contributed by atoms with van der Waals surface area (Å²) in [6, 6.07) is 10.5. The Labute approximate surface area is 211 Å². The van der Waals surface area contributed by atoms with Crippen LogP contribution in [0.4, 0.5) is 5.69 Å². The zero-order valence-electron chi connectivity index (χ0n) is 15.9. The summed E-state index contributed by atoms with van der Waals surface area (Å²) in [5, 5.41) is 15.1. The van der Waals surface area contributed by atoms with E-state index in [2.05, 4.69) is 10.5 Å². The van der Waals surface area contributed by atoms with Crippen LogP contribution in [0.15, 0.2) is 58.0 Å². The summed E-state index contributed by atoms with van der Waals surface area (Å²) in [6.07, 6.45) is 1.19. The number of ketones is 1. The van der Waals surface area contributed by atoms with Gasteiger partial charge < -0.3 is 14.5 Å². The molecular weight excluding hydrogens is 418 g/mol. The monoisotopic (exact) mass is 430 g/mol. The quantitative estimate of drug-likeness (QED) is 0.221. The standard InChI is InChI=1S/C18H14N2O6S.2Na/c1-10-6-7-14(15(8-10)27(24,25)26)19-20-16-12-5-3-2-4-11(12)9-13(17(16)21)18(22)23;;/h2-9,19H,1H3,(H,22,23)(H,24,25,26);;/q;2*+1/p-2/b20-16+;;. The summed E-state index contributed by atoms with van der Waals surface area (Å²) in [7, 11) is -4.79. The number of benzene rings is 2. The molecule has 29 heavy (non-hydrogen) atoms. The van der Waals surface area contributed by atoms with Gasteiger partial charge in [0.1, 0.15) is 15.8 Å². The molecule has 0 amide bonds. The number of hydrazone groups is 1. The van der Waals surface area contributed by atoms with Crippen molar-refractivity contribution in [2.24, 2.45) is 5.10 Å². The summed E-state index contributed by atoms with van der Waals surface area (Å²) in [6.45, 7) is 1.61. The molecule has 0 saturated carbocycles. The molecule has 3 rings (SSSR count). The molecule has 1 N–H and O–H groups in total. The van der Waals surface area contributed by atoms with E-state index in [1.165, 1.54) is 18.2 Å². The molecule has 0 bridgehead atoms. The number of aliphatic carboxylic acids is 1. The summed E-state index contributed by atoms with van der Waals surface area (Å²) >= 11 is 0. The molecule has 0 spiro atoms. The fourth-order valence-electron chi connectivity index (χ4n) is 2.62. The average Bonchev–Trinajstić information content (AvgIpc) is 2.60. The van der Waals surface area contributed by atoms with E-state index >= 15 is 0 Å². The summed E-state index contributed by atoms with van der Waals surface area (Å²) in [4.78, 5) is 23.1. The maximum absolute atomic E-state index is 12.4. The van der Waals surface area contributed by atoms with Crippen LogP contribution in [0.25, 0.3) is 6.08 Å². The third-order valence-corrected chi connectivity index (χ3v) is 4.77. The number of hydrogen-bond donors (Lipinski definition) is 1. The van der Waals surface area contributed by atoms with Crippen LogP contribution in [0.5, 0.6) is 0 Å². The van der Waals surface area contributed by atoms with Gasteiger partial charge in [-0.25, -0.2) is 8.42 Å². The van der Waals surface area contributed by atoms with Crippen molar-refractivity contribution < 1.29 is 86.8 Å². The number of rotatable bonds is 4. The zero-order valence-corrected chi connectivity index (χ0v) is 20.7. The first kappa shape index (κ1) is 25.7. The molecule has 138 valence electrons. The fourth-order valence-corrected chi connectivity index (χ4v) is 3.33. The van der Waals surface area contributed by atoms with Gasteiger partial charge in [0.05, 0.1) is 16.6 Å². The van der Waals surface area contributed by atoms with Crippen molar-refractivity contribution in [2.45, 2.75) is 11.8 Å². The van der Waals surface area contributed by atoms with Crippen LogP contribution in [0.1, 0.15) is 16.7 Å². The van der Waals surface area contributed by atoms with E-state index in [-0.39, 0.29) is 70.5 Å². The number of anilines is 1. The number of aryl methyl sites for hydroxylation is 1. The van der Waals surface area contributed by atoms with Crippen molar-refractivity contribution in [3.8, 4) is 0 Å². The third-order valence-electron chi connectivity index (χ3n) is 3.89. The number of carbonyl (C=O) groups excluding carboxylic acids is 2. The second-order valence-corrected chi connectivity index (χ2v) is 7.14. The maximum atomic E-state index is 12.4. The maximum Gasteiger partial charge on any atom is 1.00 e. The van der Waals surface area contributed by atoms with Gasteiger partial charge in [0.25, 0.3) is 0 Å². The van der Waals surface area contributed by atoms with Gasteiger partial charge in [0.2, 0.25) is 5.78 Å². The zero-order chi connectivity index (χ0) is 19.8. The van der Waals surface area contributed by atoms with Gasteiger partial charge >= 0.3 is 59.1 Å². The molecular formula is C18H12N2Na2O6S. The van der Waals surface area contributed by atoms with Crippen LogP contribution < -0.4 is 69.6 Å². The van der Waals surface area contributed by atoms with Gasteiger partial charge in [-0.15, -0.1) is 0 Å². The molecule has 0 fully saturated rings. The second-order valence-electron chi connectivity index (χ2n) is 5.79. The van der Waals surface area contributed by atoms with Crippen molar-refractivity contribution in [2.75, 3.05) is 5.43 Å².